The van der Waals surface area contributed by atoms with Gasteiger partial charge in [0.2, 0.25) is 5.91 Å². The van der Waals surface area contributed by atoms with Crippen molar-refractivity contribution in [2.45, 2.75) is 25.9 Å². The van der Waals surface area contributed by atoms with Gasteiger partial charge in [0.15, 0.2) is 0 Å². The molecule has 0 bridgehead atoms. The molecule has 16 heavy (non-hydrogen) atoms. The van der Waals surface area contributed by atoms with Gasteiger partial charge in [-0.15, -0.1) is 0 Å². The van der Waals surface area contributed by atoms with Crippen molar-refractivity contribution in [2.24, 2.45) is 5.73 Å². The molecule has 0 aliphatic carbocycles. The summed E-state index contributed by atoms with van der Waals surface area (Å²) in [6.45, 7) is 3.17. The fraction of sp³-hybridized carbons (Fsp3) is 0.417. The van der Waals surface area contributed by atoms with Crippen LogP contribution in [-0.2, 0) is 17.8 Å². The molecule has 0 fully saturated rings. The van der Waals surface area contributed by atoms with Crippen molar-refractivity contribution < 1.29 is 9.18 Å². The second kappa shape index (κ2) is 4.22. The van der Waals surface area contributed by atoms with Gasteiger partial charge in [-0.25, -0.2) is 4.39 Å². The summed E-state index contributed by atoms with van der Waals surface area (Å²) in [4.78, 5) is 13.1. The minimum atomic E-state index is -0.333. The molecule has 1 atom stereocenters. The van der Waals surface area contributed by atoms with Crippen LogP contribution in [0.2, 0.25) is 0 Å². The first-order chi connectivity index (χ1) is 7.58. The highest BCUT2D eigenvalue weighted by Crippen LogP contribution is 2.21. The van der Waals surface area contributed by atoms with Gasteiger partial charge in [-0.05, 0) is 36.6 Å². The van der Waals surface area contributed by atoms with Crippen molar-refractivity contribution in [3.63, 3.8) is 0 Å². The first kappa shape index (κ1) is 11.1. The van der Waals surface area contributed by atoms with Gasteiger partial charge >= 0.3 is 0 Å². The topological polar surface area (TPSA) is 46.3 Å². The average Bonchev–Trinajstić information content (AvgIpc) is 2.26. The lowest BCUT2D eigenvalue weighted by atomic mass is 9.98. The molecule has 0 saturated carbocycles. The van der Waals surface area contributed by atoms with Gasteiger partial charge in [-0.3, -0.25) is 9.69 Å². The maximum atomic E-state index is 13.1. The van der Waals surface area contributed by atoms with E-state index in [-0.39, 0.29) is 17.8 Å². The highest BCUT2D eigenvalue weighted by molar-refractivity contribution is 5.79. The third kappa shape index (κ3) is 2.07. The lowest BCUT2D eigenvalue weighted by Gasteiger charge is -2.32. The summed E-state index contributed by atoms with van der Waals surface area (Å²) in [6.07, 6.45) is 0.841. The molecule has 1 aromatic rings. The number of carbonyl (C=O) groups is 1. The molecule has 86 valence electrons. The zero-order chi connectivity index (χ0) is 11.7. The Hall–Kier alpha value is -1.42. The van der Waals surface area contributed by atoms with Gasteiger partial charge in [0.1, 0.15) is 5.82 Å². The fourth-order valence-electron chi connectivity index (χ4n) is 2.06. The molecule has 1 aliphatic heterocycles. The normalized spacial score (nSPS) is 17.9. The Labute approximate surface area is 94.0 Å². The Bertz CT molecular complexity index is 419. The van der Waals surface area contributed by atoms with E-state index in [0.717, 1.165) is 24.1 Å². The largest absolute Gasteiger partial charge is 0.368 e. The van der Waals surface area contributed by atoms with Crippen LogP contribution in [0.15, 0.2) is 18.2 Å². The molecule has 1 amide bonds. The Balaban J connectivity index is 2.19. The van der Waals surface area contributed by atoms with Gasteiger partial charge in [0.25, 0.3) is 0 Å². The van der Waals surface area contributed by atoms with E-state index < -0.39 is 0 Å². The number of hydrogen-bond donors (Lipinski definition) is 1. The molecular weight excluding hydrogens is 207 g/mol. The molecule has 2 rings (SSSR count). The van der Waals surface area contributed by atoms with Crippen molar-refractivity contribution in [1.29, 1.82) is 0 Å². The quantitative estimate of drug-likeness (QED) is 0.813. The standard InChI is InChI=1S/C12H15FN2O/c1-8(12(14)16)15-5-4-9-2-3-11(13)6-10(9)7-15/h2-3,6,8H,4-5,7H2,1H3,(H2,14,16). The second-order valence-corrected chi connectivity index (χ2v) is 4.21. The maximum absolute atomic E-state index is 13.1. The third-order valence-corrected chi connectivity index (χ3v) is 3.17. The highest BCUT2D eigenvalue weighted by Gasteiger charge is 2.23. The van der Waals surface area contributed by atoms with E-state index in [9.17, 15) is 9.18 Å². The Morgan fingerprint density at radius 2 is 2.25 bits per heavy atom. The van der Waals surface area contributed by atoms with Gasteiger partial charge in [0, 0.05) is 13.1 Å². The highest BCUT2D eigenvalue weighted by atomic mass is 19.1. The molecule has 0 aromatic heterocycles. The first-order valence-corrected chi connectivity index (χ1v) is 5.38. The first-order valence-electron chi connectivity index (χ1n) is 5.38. The smallest absolute Gasteiger partial charge is 0.234 e. The number of hydrogen-bond acceptors (Lipinski definition) is 2. The Morgan fingerprint density at radius 1 is 1.50 bits per heavy atom. The SMILES string of the molecule is CC(C(N)=O)N1CCc2ccc(F)cc2C1. The van der Waals surface area contributed by atoms with Crippen molar-refractivity contribution in [2.75, 3.05) is 6.54 Å². The van der Waals surface area contributed by atoms with Gasteiger partial charge in [0.05, 0.1) is 6.04 Å². The number of nitrogens with two attached hydrogens (primary N) is 1. The number of amides is 1. The third-order valence-electron chi connectivity index (χ3n) is 3.17. The number of rotatable bonds is 2. The molecule has 0 spiro atoms. The lowest BCUT2D eigenvalue weighted by molar-refractivity contribution is -0.123. The van der Waals surface area contributed by atoms with Crippen LogP contribution in [0.5, 0.6) is 0 Å². The van der Waals surface area contributed by atoms with E-state index in [0.29, 0.717) is 6.54 Å². The zero-order valence-corrected chi connectivity index (χ0v) is 9.24. The summed E-state index contributed by atoms with van der Waals surface area (Å²) in [7, 11) is 0. The monoisotopic (exact) mass is 222 g/mol. The van der Waals surface area contributed by atoms with Crippen molar-refractivity contribution in [3.05, 3.63) is 35.1 Å². The van der Waals surface area contributed by atoms with Gasteiger partial charge < -0.3 is 5.73 Å². The fourth-order valence-corrected chi connectivity index (χ4v) is 2.06. The molecule has 2 N–H and O–H groups in total. The zero-order valence-electron chi connectivity index (χ0n) is 9.24. The summed E-state index contributed by atoms with van der Waals surface area (Å²) < 4.78 is 13.1. The lowest BCUT2D eigenvalue weighted by Crippen LogP contribution is -2.45. The minimum absolute atomic E-state index is 0.229. The van der Waals surface area contributed by atoms with Gasteiger partial charge in [-0.2, -0.15) is 0 Å². The van der Waals surface area contributed by atoms with Crippen LogP contribution in [-0.4, -0.2) is 23.4 Å². The Morgan fingerprint density at radius 3 is 2.94 bits per heavy atom. The van der Waals surface area contributed by atoms with E-state index in [2.05, 4.69) is 0 Å². The van der Waals surface area contributed by atoms with Crippen molar-refractivity contribution in [1.82, 2.24) is 4.90 Å². The van der Waals surface area contributed by atoms with Crippen LogP contribution < -0.4 is 5.73 Å². The van der Waals surface area contributed by atoms with E-state index in [1.807, 2.05) is 11.0 Å². The number of primary amides is 1. The molecule has 1 unspecified atom stereocenters. The summed E-state index contributed by atoms with van der Waals surface area (Å²) in [5.41, 5.74) is 7.38. The molecule has 0 saturated heterocycles. The van der Waals surface area contributed by atoms with Gasteiger partial charge in [-0.1, -0.05) is 6.07 Å². The summed E-state index contributed by atoms with van der Waals surface area (Å²) >= 11 is 0. The summed E-state index contributed by atoms with van der Waals surface area (Å²) in [5.74, 6) is -0.563. The van der Waals surface area contributed by atoms with Crippen LogP contribution in [0.3, 0.4) is 0 Å². The van der Waals surface area contributed by atoms with Crippen LogP contribution >= 0.6 is 0 Å². The number of halogens is 1. The predicted octanol–water partition coefficient (Wildman–Crippen LogP) is 1.06. The van der Waals surface area contributed by atoms with Crippen molar-refractivity contribution >= 4 is 5.91 Å². The summed E-state index contributed by atoms with van der Waals surface area (Å²) in [5, 5.41) is 0. The van der Waals surface area contributed by atoms with E-state index in [1.165, 1.54) is 12.1 Å². The predicted molar refractivity (Wildman–Crippen MR) is 59.2 cm³/mol. The summed E-state index contributed by atoms with van der Waals surface area (Å²) in [6, 6.07) is 4.54. The van der Waals surface area contributed by atoms with Crippen LogP contribution in [0.25, 0.3) is 0 Å². The van der Waals surface area contributed by atoms with Crippen molar-refractivity contribution in [3.8, 4) is 0 Å². The molecule has 0 radical (unpaired) electrons. The van der Waals surface area contributed by atoms with Crippen LogP contribution in [0.4, 0.5) is 4.39 Å². The average molecular weight is 222 g/mol. The maximum Gasteiger partial charge on any atom is 0.234 e. The number of benzene rings is 1. The molecule has 3 nitrogen and oxygen atoms in total. The van der Waals surface area contributed by atoms with E-state index >= 15 is 0 Å². The molecule has 1 aliphatic rings. The number of nitrogens with zero attached hydrogens (tertiary/aromatic N) is 1. The van der Waals surface area contributed by atoms with E-state index in [1.54, 1.807) is 6.92 Å². The molecule has 4 heteroatoms. The number of carbonyl (C=O) groups excluding carboxylic acids is 1. The number of fused-ring (bicyclic) bond motifs is 1. The van der Waals surface area contributed by atoms with Crippen LogP contribution in [0.1, 0.15) is 18.1 Å². The van der Waals surface area contributed by atoms with Crippen LogP contribution in [0, 0.1) is 5.82 Å². The minimum Gasteiger partial charge on any atom is -0.368 e. The second-order valence-electron chi connectivity index (χ2n) is 4.21. The molecule has 1 heterocycles. The van der Waals surface area contributed by atoms with E-state index in [4.69, 9.17) is 5.73 Å². The molecular formula is C12H15FN2O. The molecule has 1 aromatic carbocycles. The Kier molecular flexibility index (Phi) is 2.92.